The number of ether oxygens (including phenoxy) is 1. The molecule has 0 fully saturated rings. The molecule has 0 bridgehead atoms. The Bertz CT molecular complexity index is 1080. The Labute approximate surface area is 172 Å². The van der Waals surface area contributed by atoms with Crippen molar-refractivity contribution in [2.24, 2.45) is 0 Å². The zero-order valence-corrected chi connectivity index (χ0v) is 17.0. The SMILES string of the molecule is Cc1ccc(C(=O)NC(C)C)cc1-c1ccc2c(O[C@@H](C)C(F)(F)F)nncc2c1. The lowest BCUT2D eigenvalue weighted by atomic mass is 9.96. The zero-order valence-electron chi connectivity index (χ0n) is 17.0. The number of carbonyl (C=O) groups is 1. The van der Waals surface area contributed by atoms with Gasteiger partial charge in [-0.05, 0) is 68.7 Å². The number of nitrogens with zero attached hydrogens (tertiary/aromatic N) is 2. The minimum Gasteiger partial charge on any atom is -0.463 e. The lowest BCUT2D eigenvalue weighted by molar-refractivity contribution is -0.189. The van der Waals surface area contributed by atoms with Crippen LogP contribution in [0.15, 0.2) is 42.6 Å². The van der Waals surface area contributed by atoms with Crippen molar-refractivity contribution in [2.45, 2.75) is 46.0 Å². The summed E-state index contributed by atoms with van der Waals surface area (Å²) in [6.45, 7) is 6.62. The van der Waals surface area contributed by atoms with Crippen molar-refractivity contribution in [3.05, 3.63) is 53.7 Å². The third-order valence-corrected chi connectivity index (χ3v) is 4.61. The number of rotatable bonds is 5. The van der Waals surface area contributed by atoms with Crippen molar-refractivity contribution >= 4 is 16.7 Å². The van der Waals surface area contributed by atoms with Gasteiger partial charge in [0.2, 0.25) is 5.88 Å². The number of aromatic nitrogens is 2. The molecule has 0 radical (unpaired) electrons. The van der Waals surface area contributed by atoms with Gasteiger partial charge in [-0.2, -0.15) is 18.3 Å². The molecule has 0 aliphatic carbocycles. The minimum atomic E-state index is -4.50. The molecule has 0 unspecified atom stereocenters. The molecule has 3 rings (SSSR count). The summed E-state index contributed by atoms with van der Waals surface area (Å²) in [5.74, 6) is -0.347. The van der Waals surface area contributed by atoms with Crippen molar-refractivity contribution < 1.29 is 22.7 Å². The summed E-state index contributed by atoms with van der Waals surface area (Å²) in [5, 5.41) is 11.4. The highest BCUT2D eigenvalue weighted by Gasteiger charge is 2.38. The van der Waals surface area contributed by atoms with Crippen LogP contribution < -0.4 is 10.1 Å². The summed E-state index contributed by atoms with van der Waals surface area (Å²) in [6, 6.07) is 10.6. The Hall–Kier alpha value is -3.16. The van der Waals surface area contributed by atoms with Gasteiger partial charge < -0.3 is 10.1 Å². The fourth-order valence-electron chi connectivity index (χ4n) is 2.97. The molecule has 0 spiro atoms. The molecule has 0 saturated carbocycles. The molecule has 158 valence electrons. The predicted octanol–water partition coefficient (Wildman–Crippen LogP) is 5.07. The van der Waals surface area contributed by atoms with E-state index in [4.69, 9.17) is 4.74 Å². The lowest BCUT2D eigenvalue weighted by Gasteiger charge is -2.17. The summed E-state index contributed by atoms with van der Waals surface area (Å²) >= 11 is 0. The largest absolute Gasteiger partial charge is 0.463 e. The standard InChI is InChI=1S/C22H22F3N3O2/c1-12(2)27-20(29)16-6-5-13(3)19(10-16)15-7-8-18-17(9-15)11-26-28-21(18)30-14(4)22(23,24)25/h5-12,14H,1-4H3,(H,27,29)/t14-/m0/s1. The molecule has 0 aliphatic rings. The van der Waals surface area contributed by atoms with Crippen molar-refractivity contribution in [1.29, 1.82) is 0 Å². The Balaban J connectivity index is 1.99. The van der Waals surface area contributed by atoms with E-state index in [0.717, 1.165) is 23.6 Å². The first-order valence-electron chi connectivity index (χ1n) is 9.47. The molecule has 8 heteroatoms. The second kappa shape index (κ2) is 8.30. The number of halogens is 3. The second-order valence-corrected chi connectivity index (χ2v) is 7.41. The van der Waals surface area contributed by atoms with Gasteiger partial charge in [0.25, 0.3) is 5.91 Å². The smallest absolute Gasteiger partial charge is 0.425 e. The zero-order chi connectivity index (χ0) is 22.1. The van der Waals surface area contributed by atoms with Gasteiger partial charge >= 0.3 is 6.18 Å². The number of hydrogen-bond acceptors (Lipinski definition) is 4. The van der Waals surface area contributed by atoms with Crippen LogP contribution >= 0.6 is 0 Å². The Morgan fingerprint density at radius 2 is 1.83 bits per heavy atom. The number of alkyl halides is 3. The van der Waals surface area contributed by atoms with E-state index in [-0.39, 0.29) is 17.8 Å². The molecule has 5 nitrogen and oxygen atoms in total. The van der Waals surface area contributed by atoms with Crippen molar-refractivity contribution in [3.8, 4) is 17.0 Å². The summed E-state index contributed by atoms with van der Waals surface area (Å²) in [7, 11) is 0. The average Bonchev–Trinajstić information content (AvgIpc) is 2.66. The topological polar surface area (TPSA) is 64.1 Å². The minimum absolute atomic E-state index is 0.0130. The highest BCUT2D eigenvalue weighted by Crippen LogP contribution is 2.32. The summed E-state index contributed by atoms with van der Waals surface area (Å²) in [6.07, 6.45) is -5.04. The highest BCUT2D eigenvalue weighted by atomic mass is 19.4. The third kappa shape index (κ3) is 4.69. The lowest BCUT2D eigenvalue weighted by Crippen LogP contribution is -2.31. The maximum atomic E-state index is 12.8. The van der Waals surface area contributed by atoms with E-state index < -0.39 is 12.3 Å². The fraction of sp³-hybridized carbons (Fsp3) is 0.318. The molecule has 1 amide bonds. The van der Waals surface area contributed by atoms with Crippen molar-refractivity contribution in [2.75, 3.05) is 0 Å². The van der Waals surface area contributed by atoms with Crippen molar-refractivity contribution in [3.63, 3.8) is 0 Å². The number of nitrogens with one attached hydrogen (secondary N) is 1. The van der Waals surface area contributed by atoms with Gasteiger partial charge in [0, 0.05) is 22.4 Å². The van der Waals surface area contributed by atoms with E-state index in [1.807, 2.05) is 26.8 Å². The van der Waals surface area contributed by atoms with E-state index in [0.29, 0.717) is 16.3 Å². The Morgan fingerprint density at radius 1 is 1.10 bits per heavy atom. The molecule has 3 aromatic rings. The first kappa shape index (κ1) is 21.5. The van der Waals surface area contributed by atoms with Crippen LogP contribution in [0, 0.1) is 6.92 Å². The summed E-state index contributed by atoms with van der Waals surface area (Å²) < 4.78 is 43.5. The van der Waals surface area contributed by atoms with Gasteiger partial charge in [-0.1, -0.05) is 12.1 Å². The van der Waals surface area contributed by atoms with Gasteiger partial charge in [-0.3, -0.25) is 4.79 Å². The van der Waals surface area contributed by atoms with E-state index in [1.165, 1.54) is 6.20 Å². The number of carbonyl (C=O) groups excluding carboxylic acids is 1. The monoisotopic (exact) mass is 417 g/mol. The Morgan fingerprint density at radius 3 is 2.50 bits per heavy atom. The maximum absolute atomic E-state index is 12.8. The molecular weight excluding hydrogens is 395 g/mol. The van der Waals surface area contributed by atoms with Crippen LogP contribution in [-0.2, 0) is 0 Å². The molecule has 1 heterocycles. The van der Waals surface area contributed by atoms with Crippen LogP contribution in [0.3, 0.4) is 0 Å². The highest BCUT2D eigenvalue weighted by molar-refractivity contribution is 5.96. The van der Waals surface area contributed by atoms with E-state index in [2.05, 4.69) is 15.5 Å². The van der Waals surface area contributed by atoms with E-state index in [9.17, 15) is 18.0 Å². The molecule has 1 atom stereocenters. The number of benzene rings is 2. The van der Waals surface area contributed by atoms with Crippen LogP contribution in [-0.4, -0.2) is 34.4 Å². The number of amides is 1. The predicted molar refractivity (Wildman–Crippen MR) is 108 cm³/mol. The molecular formula is C22H22F3N3O2. The molecule has 0 aliphatic heterocycles. The molecule has 2 aromatic carbocycles. The second-order valence-electron chi connectivity index (χ2n) is 7.41. The van der Waals surface area contributed by atoms with Gasteiger partial charge in [0.15, 0.2) is 6.10 Å². The fourth-order valence-corrected chi connectivity index (χ4v) is 2.97. The molecule has 1 N–H and O–H groups in total. The third-order valence-electron chi connectivity index (χ3n) is 4.61. The number of fused-ring (bicyclic) bond motifs is 1. The summed E-state index contributed by atoms with van der Waals surface area (Å²) in [5.41, 5.74) is 3.14. The number of aryl methyl sites for hydroxylation is 1. The van der Waals surface area contributed by atoms with Crippen LogP contribution in [0.4, 0.5) is 13.2 Å². The van der Waals surface area contributed by atoms with Gasteiger partial charge in [0.1, 0.15) is 0 Å². The average molecular weight is 417 g/mol. The van der Waals surface area contributed by atoms with Crippen LogP contribution in [0.1, 0.15) is 36.7 Å². The van der Waals surface area contributed by atoms with Crippen LogP contribution in [0.25, 0.3) is 21.9 Å². The quantitative estimate of drug-likeness (QED) is 0.629. The van der Waals surface area contributed by atoms with Gasteiger partial charge in [-0.25, -0.2) is 0 Å². The molecule has 1 aromatic heterocycles. The normalized spacial score (nSPS) is 12.8. The first-order chi connectivity index (χ1) is 14.1. The van der Waals surface area contributed by atoms with E-state index >= 15 is 0 Å². The molecule has 0 saturated heterocycles. The van der Waals surface area contributed by atoms with Crippen LogP contribution in [0.5, 0.6) is 5.88 Å². The number of hydrogen-bond donors (Lipinski definition) is 1. The van der Waals surface area contributed by atoms with Gasteiger partial charge in [0.05, 0.1) is 6.20 Å². The summed E-state index contributed by atoms with van der Waals surface area (Å²) in [4.78, 5) is 12.4. The van der Waals surface area contributed by atoms with Crippen molar-refractivity contribution in [1.82, 2.24) is 15.5 Å². The van der Waals surface area contributed by atoms with Crippen LogP contribution in [0.2, 0.25) is 0 Å². The molecule has 30 heavy (non-hydrogen) atoms. The van der Waals surface area contributed by atoms with E-state index in [1.54, 1.807) is 30.3 Å². The maximum Gasteiger partial charge on any atom is 0.425 e. The first-order valence-corrected chi connectivity index (χ1v) is 9.47. The Kier molecular flexibility index (Phi) is 5.96. The van der Waals surface area contributed by atoms with Gasteiger partial charge in [-0.15, -0.1) is 5.10 Å².